The van der Waals surface area contributed by atoms with Gasteiger partial charge in [0.15, 0.2) is 0 Å². The molecule has 2 N–H and O–H groups in total. The van der Waals surface area contributed by atoms with Crippen molar-refractivity contribution in [3.63, 3.8) is 0 Å². The first-order chi connectivity index (χ1) is 6.72. The van der Waals surface area contributed by atoms with Crippen LogP contribution in [0.25, 0.3) is 0 Å². The standard InChI is InChI=1S/C8H15N3O2S/c1-6(2)12-3-4-14-8-11-10-7(5-9)13-8/h6H,3-5,9H2,1-2H3. The van der Waals surface area contributed by atoms with Crippen LogP contribution in [0, 0.1) is 0 Å². The molecule has 0 amide bonds. The van der Waals surface area contributed by atoms with E-state index in [0.717, 1.165) is 5.75 Å². The minimum atomic E-state index is 0.262. The van der Waals surface area contributed by atoms with Gasteiger partial charge in [0.2, 0.25) is 5.89 Å². The van der Waals surface area contributed by atoms with Gasteiger partial charge >= 0.3 is 0 Å². The average Bonchev–Trinajstić information content (AvgIpc) is 2.60. The maximum Gasteiger partial charge on any atom is 0.276 e. The molecule has 0 aliphatic rings. The van der Waals surface area contributed by atoms with Crippen LogP contribution in [0.3, 0.4) is 0 Å². The molecule has 0 aliphatic carbocycles. The molecule has 6 heteroatoms. The monoisotopic (exact) mass is 217 g/mol. The zero-order valence-corrected chi connectivity index (χ0v) is 9.21. The van der Waals surface area contributed by atoms with Crippen molar-refractivity contribution >= 4 is 11.8 Å². The molecule has 0 radical (unpaired) electrons. The molecule has 0 spiro atoms. The van der Waals surface area contributed by atoms with Crippen LogP contribution in [0.2, 0.25) is 0 Å². The largest absolute Gasteiger partial charge is 0.415 e. The molecule has 0 saturated carbocycles. The van der Waals surface area contributed by atoms with E-state index >= 15 is 0 Å². The van der Waals surface area contributed by atoms with Crippen LogP contribution >= 0.6 is 11.8 Å². The maximum absolute atomic E-state index is 5.36. The Bertz CT molecular complexity index is 265. The molecule has 0 saturated heterocycles. The number of thioether (sulfide) groups is 1. The molecule has 0 aromatic carbocycles. The highest BCUT2D eigenvalue weighted by atomic mass is 32.2. The van der Waals surface area contributed by atoms with Crippen molar-refractivity contribution < 1.29 is 9.15 Å². The number of hydrogen-bond acceptors (Lipinski definition) is 6. The highest BCUT2D eigenvalue weighted by Crippen LogP contribution is 2.15. The molecule has 1 aromatic rings. The Hall–Kier alpha value is -0.590. The Balaban J connectivity index is 2.18. The minimum absolute atomic E-state index is 0.262. The third-order valence-corrected chi connectivity index (χ3v) is 2.17. The molecule has 1 rings (SSSR count). The van der Waals surface area contributed by atoms with Crippen LogP contribution < -0.4 is 5.73 Å². The maximum atomic E-state index is 5.36. The summed E-state index contributed by atoms with van der Waals surface area (Å²) >= 11 is 1.48. The Morgan fingerprint density at radius 1 is 1.50 bits per heavy atom. The summed E-state index contributed by atoms with van der Waals surface area (Å²) in [4.78, 5) is 0. The van der Waals surface area contributed by atoms with E-state index in [9.17, 15) is 0 Å². The van der Waals surface area contributed by atoms with Crippen LogP contribution in [0.1, 0.15) is 19.7 Å². The first-order valence-electron chi connectivity index (χ1n) is 4.49. The number of ether oxygens (including phenoxy) is 1. The summed E-state index contributed by atoms with van der Waals surface area (Å²) in [6.07, 6.45) is 0.262. The summed E-state index contributed by atoms with van der Waals surface area (Å²) in [5, 5.41) is 8.11. The number of nitrogens with zero attached hydrogens (tertiary/aromatic N) is 2. The molecule has 14 heavy (non-hydrogen) atoms. The summed E-state index contributed by atoms with van der Waals surface area (Å²) in [6.45, 7) is 4.98. The van der Waals surface area contributed by atoms with Crippen LogP contribution in [0.5, 0.6) is 0 Å². The third-order valence-electron chi connectivity index (χ3n) is 1.38. The summed E-state index contributed by atoms with van der Waals surface area (Å²) in [6, 6.07) is 0. The number of rotatable bonds is 6. The first kappa shape index (κ1) is 11.5. The van der Waals surface area contributed by atoms with Crippen molar-refractivity contribution in [2.75, 3.05) is 12.4 Å². The topological polar surface area (TPSA) is 74.2 Å². The molecule has 0 unspecified atom stereocenters. The molecule has 0 aliphatic heterocycles. The van der Waals surface area contributed by atoms with Crippen molar-refractivity contribution in [3.05, 3.63) is 5.89 Å². The quantitative estimate of drug-likeness (QED) is 0.567. The average molecular weight is 217 g/mol. The van der Waals surface area contributed by atoms with E-state index in [4.69, 9.17) is 14.9 Å². The molecule has 0 bridgehead atoms. The molecular formula is C8H15N3O2S. The van der Waals surface area contributed by atoms with Gasteiger partial charge in [0.1, 0.15) is 0 Å². The number of nitrogens with two attached hydrogens (primary N) is 1. The van der Waals surface area contributed by atoms with Crippen LogP contribution in [0.15, 0.2) is 9.64 Å². The fourth-order valence-electron chi connectivity index (χ4n) is 0.792. The van der Waals surface area contributed by atoms with Gasteiger partial charge in [-0.3, -0.25) is 0 Å². The molecular weight excluding hydrogens is 202 g/mol. The summed E-state index contributed by atoms with van der Waals surface area (Å²) in [5.74, 6) is 1.28. The van der Waals surface area contributed by atoms with Gasteiger partial charge in [-0.15, -0.1) is 10.2 Å². The van der Waals surface area contributed by atoms with E-state index < -0.39 is 0 Å². The van der Waals surface area contributed by atoms with Crippen LogP contribution in [-0.2, 0) is 11.3 Å². The van der Waals surface area contributed by atoms with Gasteiger partial charge < -0.3 is 14.9 Å². The molecule has 80 valence electrons. The summed E-state index contributed by atoms with van der Waals surface area (Å²) < 4.78 is 10.6. The molecule has 1 aromatic heterocycles. The van der Waals surface area contributed by atoms with Crippen LogP contribution in [0.4, 0.5) is 0 Å². The molecule has 0 atom stereocenters. The van der Waals surface area contributed by atoms with Gasteiger partial charge in [-0.25, -0.2) is 0 Å². The SMILES string of the molecule is CC(C)OCCSc1nnc(CN)o1. The van der Waals surface area contributed by atoms with Gasteiger partial charge in [-0.2, -0.15) is 0 Å². The van der Waals surface area contributed by atoms with Crippen molar-refractivity contribution in [1.82, 2.24) is 10.2 Å². The third kappa shape index (κ3) is 4.08. The van der Waals surface area contributed by atoms with Crippen molar-refractivity contribution in [2.45, 2.75) is 31.7 Å². The predicted molar refractivity (Wildman–Crippen MR) is 54.0 cm³/mol. The van der Waals surface area contributed by atoms with E-state index in [0.29, 0.717) is 17.7 Å². The Kier molecular flexibility index (Phi) is 4.92. The Labute approximate surface area is 87.4 Å². The predicted octanol–water partition coefficient (Wildman–Crippen LogP) is 1.05. The lowest BCUT2D eigenvalue weighted by molar-refractivity contribution is 0.0919. The lowest BCUT2D eigenvalue weighted by Crippen LogP contribution is -2.05. The molecule has 1 heterocycles. The Morgan fingerprint density at radius 2 is 2.29 bits per heavy atom. The number of hydrogen-bond donors (Lipinski definition) is 1. The summed E-state index contributed by atoms with van der Waals surface area (Å²) in [7, 11) is 0. The van der Waals surface area contributed by atoms with Crippen molar-refractivity contribution in [3.8, 4) is 0 Å². The van der Waals surface area contributed by atoms with Gasteiger partial charge in [0.25, 0.3) is 5.22 Å². The van der Waals surface area contributed by atoms with E-state index in [1.807, 2.05) is 13.8 Å². The molecule has 0 fully saturated rings. The lowest BCUT2D eigenvalue weighted by atomic mass is 10.5. The zero-order chi connectivity index (χ0) is 10.4. The first-order valence-corrected chi connectivity index (χ1v) is 5.47. The minimum Gasteiger partial charge on any atom is -0.415 e. The van der Waals surface area contributed by atoms with E-state index in [-0.39, 0.29) is 12.6 Å². The normalized spacial score (nSPS) is 11.1. The second-order valence-corrected chi connectivity index (χ2v) is 3.98. The fourth-order valence-corrected chi connectivity index (χ4v) is 1.40. The van der Waals surface area contributed by atoms with Gasteiger partial charge in [-0.05, 0) is 13.8 Å². The second-order valence-electron chi connectivity index (χ2n) is 2.93. The van der Waals surface area contributed by atoms with Crippen molar-refractivity contribution in [2.24, 2.45) is 5.73 Å². The van der Waals surface area contributed by atoms with Gasteiger partial charge in [-0.1, -0.05) is 11.8 Å². The van der Waals surface area contributed by atoms with E-state index in [1.165, 1.54) is 11.8 Å². The smallest absolute Gasteiger partial charge is 0.276 e. The zero-order valence-electron chi connectivity index (χ0n) is 8.40. The lowest BCUT2D eigenvalue weighted by Gasteiger charge is -2.04. The second kappa shape index (κ2) is 6.00. The van der Waals surface area contributed by atoms with Gasteiger partial charge in [0, 0.05) is 5.75 Å². The highest BCUT2D eigenvalue weighted by Gasteiger charge is 2.04. The fraction of sp³-hybridized carbons (Fsp3) is 0.750. The van der Waals surface area contributed by atoms with E-state index in [2.05, 4.69) is 10.2 Å². The van der Waals surface area contributed by atoms with Crippen LogP contribution in [-0.4, -0.2) is 28.7 Å². The van der Waals surface area contributed by atoms with E-state index in [1.54, 1.807) is 0 Å². The highest BCUT2D eigenvalue weighted by molar-refractivity contribution is 7.99. The Morgan fingerprint density at radius 3 is 2.86 bits per heavy atom. The summed E-state index contributed by atoms with van der Waals surface area (Å²) in [5.41, 5.74) is 5.33. The van der Waals surface area contributed by atoms with Crippen molar-refractivity contribution in [1.29, 1.82) is 0 Å². The molecule has 5 nitrogen and oxygen atoms in total. The van der Waals surface area contributed by atoms with Gasteiger partial charge in [0.05, 0.1) is 19.3 Å². The number of aromatic nitrogens is 2.